The number of pyridine rings is 1. The van der Waals surface area contributed by atoms with Crippen molar-refractivity contribution in [2.24, 2.45) is 5.92 Å². The number of fused-ring (bicyclic) bond motifs is 2. The summed E-state index contributed by atoms with van der Waals surface area (Å²) in [5.41, 5.74) is 0.914. The lowest BCUT2D eigenvalue weighted by molar-refractivity contribution is -0.139. The predicted octanol–water partition coefficient (Wildman–Crippen LogP) is 3.49. The Morgan fingerprint density at radius 2 is 2.00 bits per heavy atom. The zero-order valence-corrected chi connectivity index (χ0v) is 17.1. The van der Waals surface area contributed by atoms with Crippen LogP contribution in [-0.2, 0) is 16.1 Å². The summed E-state index contributed by atoms with van der Waals surface area (Å²) in [5.74, 6) is 0.483. The molecule has 0 unspecified atom stereocenters. The summed E-state index contributed by atoms with van der Waals surface area (Å²) in [4.78, 5) is 32.4. The lowest BCUT2D eigenvalue weighted by atomic mass is 10.0. The van der Waals surface area contributed by atoms with Crippen LogP contribution in [0.4, 0.5) is 5.82 Å². The Morgan fingerprint density at radius 1 is 1.13 bits per heavy atom. The first kappa shape index (κ1) is 19.1. The number of rotatable bonds is 4. The average molecular weight is 424 g/mol. The van der Waals surface area contributed by atoms with Crippen molar-refractivity contribution in [3.05, 3.63) is 53.8 Å². The summed E-state index contributed by atoms with van der Waals surface area (Å²) in [6.07, 6.45) is 5.53. The maximum absolute atomic E-state index is 13.4. The second-order valence-electron chi connectivity index (χ2n) is 8.01. The van der Waals surface area contributed by atoms with E-state index in [9.17, 15) is 9.59 Å². The van der Waals surface area contributed by atoms with Gasteiger partial charge in [-0.15, -0.1) is 0 Å². The Hall–Kier alpha value is -2.93. The van der Waals surface area contributed by atoms with Gasteiger partial charge in [0.2, 0.25) is 11.8 Å². The van der Waals surface area contributed by atoms with Crippen LogP contribution >= 0.6 is 11.6 Å². The van der Waals surface area contributed by atoms with Crippen LogP contribution in [-0.4, -0.2) is 43.6 Å². The highest BCUT2D eigenvalue weighted by Gasteiger charge is 2.48. The molecule has 0 radical (unpaired) electrons. The summed E-state index contributed by atoms with van der Waals surface area (Å²) in [7, 11) is 0. The Morgan fingerprint density at radius 3 is 2.87 bits per heavy atom. The molecule has 2 fully saturated rings. The van der Waals surface area contributed by atoms with E-state index in [2.05, 4.69) is 15.4 Å². The van der Waals surface area contributed by atoms with Gasteiger partial charge in [0.15, 0.2) is 0 Å². The molecule has 2 aromatic heterocycles. The van der Waals surface area contributed by atoms with Gasteiger partial charge in [-0.1, -0.05) is 42.3 Å². The smallest absolute Gasteiger partial charge is 0.248 e. The van der Waals surface area contributed by atoms with Gasteiger partial charge < -0.3 is 10.2 Å². The number of halogens is 1. The zero-order chi connectivity index (χ0) is 20.7. The quantitative estimate of drug-likeness (QED) is 0.651. The highest BCUT2D eigenvalue weighted by atomic mass is 35.5. The molecule has 1 aliphatic heterocycles. The highest BCUT2D eigenvalue weighted by Crippen LogP contribution is 2.41. The van der Waals surface area contributed by atoms with Crippen LogP contribution in [0.5, 0.6) is 0 Å². The molecule has 2 amide bonds. The molecule has 8 heteroatoms. The Balaban J connectivity index is 1.38. The van der Waals surface area contributed by atoms with Crippen LogP contribution in [0.2, 0.25) is 5.15 Å². The topological polar surface area (TPSA) is 80.1 Å². The van der Waals surface area contributed by atoms with Crippen molar-refractivity contribution in [2.75, 3.05) is 5.32 Å². The fourth-order valence-electron chi connectivity index (χ4n) is 4.93. The van der Waals surface area contributed by atoms with E-state index in [1.165, 1.54) is 0 Å². The van der Waals surface area contributed by atoms with Crippen molar-refractivity contribution >= 4 is 40.1 Å². The van der Waals surface area contributed by atoms with E-state index in [1.54, 1.807) is 34.0 Å². The first-order chi connectivity index (χ1) is 14.6. The maximum Gasteiger partial charge on any atom is 0.248 e. The SMILES string of the molecule is O=C(Nc1cccc(Cl)n1)[C@@H]1C[C@@H]2CCC[C@@H]2N1C(=O)Cn1ncc2ccccc21. The molecule has 1 saturated carbocycles. The minimum Gasteiger partial charge on any atom is -0.326 e. The van der Waals surface area contributed by atoms with Crippen molar-refractivity contribution in [3.63, 3.8) is 0 Å². The van der Waals surface area contributed by atoms with Gasteiger partial charge in [-0.2, -0.15) is 5.10 Å². The molecule has 3 atom stereocenters. The fraction of sp³-hybridized carbons (Fsp3) is 0.364. The Labute approximate surface area is 179 Å². The monoisotopic (exact) mass is 423 g/mol. The van der Waals surface area contributed by atoms with Gasteiger partial charge in [-0.25, -0.2) is 4.98 Å². The number of likely N-dealkylation sites (tertiary alicyclic amines) is 1. The minimum absolute atomic E-state index is 0.0718. The van der Waals surface area contributed by atoms with E-state index >= 15 is 0 Å². The van der Waals surface area contributed by atoms with Gasteiger partial charge in [0.25, 0.3) is 0 Å². The highest BCUT2D eigenvalue weighted by molar-refractivity contribution is 6.29. The van der Waals surface area contributed by atoms with E-state index in [0.717, 1.165) is 30.2 Å². The zero-order valence-electron chi connectivity index (χ0n) is 16.4. The standard InChI is InChI=1S/C22H22ClN5O2/c23-19-9-4-10-20(25-19)26-22(30)18-11-14-6-3-8-17(14)28(18)21(29)13-27-16-7-2-1-5-15(16)12-24-27/h1-2,4-5,7,9-10,12,14,17-18H,3,6,8,11,13H2,(H,25,26,30)/t14-,17-,18-/m0/s1. The van der Waals surface area contributed by atoms with Crippen molar-refractivity contribution in [3.8, 4) is 0 Å². The molecule has 0 bridgehead atoms. The molecule has 1 saturated heterocycles. The van der Waals surface area contributed by atoms with Gasteiger partial charge in [0.05, 0.1) is 11.7 Å². The molecule has 1 aromatic carbocycles. The molecule has 2 aliphatic rings. The number of hydrogen-bond donors (Lipinski definition) is 1. The molecule has 1 N–H and O–H groups in total. The number of carbonyl (C=O) groups excluding carboxylic acids is 2. The Kier molecular flexibility index (Phi) is 4.90. The number of para-hydroxylation sites is 1. The van der Waals surface area contributed by atoms with Gasteiger partial charge in [0, 0.05) is 11.4 Å². The summed E-state index contributed by atoms with van der Waals surface area (Å²) in [6, 6.07) is 12.5. The van der Waals surface area contributed by atoms with Crippen LogP contribution in [0.3, 0.4) is 0 Å². The van der Waals surface area contributed by atoms with Crippen LogP contribution in [0.15, 0.2) is 48.7 Å². The normalized spacial score (nSPS) is 23.0. The predicted molar refractivity (Wildman–Crippen MR) is 114 cm³/mol. The first-order valence-corrected chi connectivity index (χ1v) is 10.6. The largest absolute Gasteiger partial charge is 0.326 e. The van der Waals surface area contributed by atoms with Crippen molar-refractivity contribution in [1.29, 1.82) is 0 Å². The van der Waals surface area contributed by atoms with Crippen LogP contribution in [0, 0.1) is 5.92 Å². The van der Waals surface area contributed by atoms with Gasteiger partial charge in [0.1, 0.15) is 23.6 Å². The van der Waals surface area contributed by atoms with Crippen LogP contribution < -0.4 is 5.32 Å². The molecule has 30 heavy (non-hydrogen) atoms. The third-order valence-electron chi connectivity index (χ3n) is 6.23. The van der Waals surface area contributed by atoms with Gasteiger partial charge >= 0.3 is 0 Å². The third kappa shape index (κ3) is 3.43. The van der Waals surface area contributed by atoms with Crippen molar-refractivity contribution in [1.82, 2.24) is 19.7 Å². The second kappa shape index (κ2) is 7.72. The summed E-state index contributed by atoms with van der Waals surface area (Å²) in [5, 5.41) is 8.53. The van der Waals surface area contributed by atoms with Crippen molar-refractivity contribution < 1.29 is 9.59 Å². The van der Waals surface area contributed by atoms with Gasteiger partial charge in [-0.05, 0) is 43.4 Å². The van der Waals surface area contributed by atoms with E-state index in [-0.39, 0.29) is 24.4 Å². The number of anilines is 1. The average Bonchev–Trinajstić information content (AvgIpc) is 3.42. The maximum atomic E-state index is 13.4. The molecule has 3 aromatic rings. The number of amides is 2. The number of nitrogens with zero attached hydrogens (tertiary/aromatic N) is 4. The Bertz CT molecular complexity index is 1110. The minimum atomic E-state index is -0.504. The summed E-state index contributed by atoms with van der Waals surface area (Å²) >= 11 is 5.94. The molecule has 7 nitrogen and oxygen atoms in total. The number of aromatic nitrogens is 3. The summed E-state index contributed by atoms with van der Waals surface area (Å²) in [6.45, 7) is 0.121. The van der Waals surface area contributed by atoms with E-state index in [1.807, 2.05) is 24.3 Å². The number of carbonyl (C=O) groups is 2. The summed E-state index contributed by atoms with van der Waals surface area (Å²) < 4.78 is 1.72. The number of benzene rings is 1. The molecule has 154 valence electrons. The van der Waals surface area contributed by atoms with E-state index in [0.29, 0.717) is 23.3 Å². The second-order valence-corrected chi connectivity index (χ2v) is 8.39. The molecule has 0 spiro atoms. The molecular formula is C22H22ClN5O2. The first-order valence-electron chi connectivity index (χ1n) is 10.3. The van der Waals surface area contributed by atoms with E-state index in [4.69, 9.17) is 11.6 Å². The third-order valence-corrected chi connectivity index (χ3v) is 6.44. The van der Waals surface area contributed by atoms with Crippen LogP contribution in [0.25, 0.3) is 10.9 Å². The molecule has 3 heterocycles. The van der Waals surface area contributed by atoms with Crippen LogP contribution in [0.1, 0.15) is 25.7 Å². The number of hydrogen-bond acceptors (Lipinski definition) is 4. The number of nitrogens with one attached hydrogen (secondary N) is 1. The van der Waals surface area contributed by atoms with Crippen molar-refractivity contribution in [2.45, 2.75) is 44.3 Å². The van der Waals surface area contributed by atoms with E-state index < -0.39 is 6.04 Å². The molecule has 5 rings (SSSR count). The lowest BCUT2D eigenvalue weighted by Crippen LogP contribution is -2.48. The van der Waals surface area contributed by atoms with Gasteiger partial charge in [-0.3, -0.25) is 14.3 Å². The molecule has 1 aliphatic carbocycles. The molecular weight excluding hydrogens is 402 g/mol. The fourth-order valence-corrected chi connectivity index (χ4v) is 5.09. The lowest BCUT2D eigenvalue weighted by Gasteiger charge is -2.29.